The molecule has 2 heterocycles. The summed E-state index contributed by atoms with van der Waals surface area (Å²) in [6, 6.07) is -0.575. The highest BCUT2D eigenvalue weighted by atomic mass is 16.4. The molecule has 2 rings (SSSR count). The predicted octanol–water partition coefficient (Wildman–Crippen LogP) is -0.351. The van der Waals surface area contributed by atoms with Crippen molar-refractivity contribution in [3.05, 3.63) is 17.5 Å². The second-order valence-corrected chi connectivity index (χ2v) is 2.86. The number of rotatable bonds is 1. The van der Waals surface area contributed by atoms with Crippen LogP contribution in [0.1, 0.15) is 17.3 Å². The monoisotopic (exact) mass is 167 g/mol. The average Bonchev–Trinajstić information content (AvgIpc) is 2.43. The van der Waals surface area contributed by atoms with Gasteiger partial charge in [-0.2, -0.15) is 5.10 Å². The SMILES string of the molecule is Cn1cc2c(n1)CNC2C(=O)O. The maximum Gasteiger partial charge on any atom is 0.325 e. The zero-order chi connectivity index (χ0) is 8.72. The van der Waals surface area contributed by atoms with Crippen molar-refractivity contribution in [3.63, 3.8) is 0 Å². The summed E-state index contributed by atoms with van der Waals surface area (Å²) in [5, 5.41) is 15.7. The number of hydrogen-bond donors (Lipinski definition) is 2. The van der Waals surface area contributed by atoms with Gasteiger partial charge in [-0.3, -0.25) is 14.8 Å². The average molecular weight is 167 g/mol. The van der Waals surface area contributed by atoms with Crippen molar-refractivity contribution in [1.29, 1.82) is 0 Å². The van der Waals surface area contributed by atoms with Crippen molar-refractivity contribution in [1.82, 2.24) is 15.1 Å². The molecular weight excluding hydrogens is 158 g/mol. The number of hydrogen-bond acceptors (Lipinski definition) is 3. The van der Waals surface area contributed by atoms with Crippen molar-refractivity contribution >= 4 is 5.97 Å². The highest BCUT2D eigenvalue weighted by molar-refractivity contribution is 5.76. The van der Waals surface area contributed by atoms with Crippen molar-refractivity contribution in [2.45, 2.75) is 12.6 Å². The molecule has 64 valence electrons. The first-order valence-electron chi connectivity index (χ1n) is 3.67. The van der Waals surface area contributed by atoms with E-state index in [1.54, 1.807) is 17.9 Å². The summed E-state index contributed by atoms with van der Waals surface area (Å²) < 4.78 is 1.64. The molecule has 1 aromatic rings. The fraction of sp³-hybridized carbons (Fsp3) is 0.429. The summed E-state index contributed by atoms with van der Waals surface area (Å²) >= 11 is 0. The van der Waals surface area contributed by atoms with E-state index in [4.69, 9.17) is 5.11 Å². The molecule has 5 heteroatoms. The Hall–Kier alpha value is -1.36. The maximum atomic E-state index is 10.7. The molecule has 1 atom stereocenters. The van der Waals surface area contributed by atoms with Gasteiger partial charge in [0.25, 0.3) is 0 Å². The quantitative estimate of drug-likeness (QED) is 0.600. The summed E-state index contributed by atoms with van der Waals surface area (Å²) in [4.78, 5) is 10.7. The number of fused-ring (bicyclic) bond motifs is 1. The molecule has 0 aromatic carbocycles. The lowest BCUT2D eigenvalue weighted by Gasteiger charge is -2.02. The van der Waals surface area contributed by atoms with Crippen LogP contribution in [-0.2, 0) is 18.4 Å². The van der Waals surface area contributed by atoms with Gasteiger partial charge < -0.3 is 5.11 Å². The lowest BCUT2D eigenvalue weighted by molar-refractivity contribution is -0.139. The van der Waals surface area contributed by atoms with Crippen LogP contribution >= 0.6 is 0 Å². The third-order valence-corrected chi connectivity index (χ3v) is 1.97. The Balaban J connectivity index is 2.41. The fourth-order valence-corrected chi connectivity index (χ4v) is 1.46. The number of nitrogens with zero attached hydrogens (tertiary/aromatic N) is 2. The van der Waals surface area contributed by atoms with Crippen molar-refractivity contribution in [2.24, 2.45) is 7.05 Å². The van der Waals surface area contributed by atoms with Crippen LogP contribution < -0.4 is 5.32 Å². The van der Waals surface area contributed by atoms with Crippen LogP contribution in [0.15, 0.2) is 6.20 Å². The molecule has 0 aliphatic carbocycles. The normalized spacial score (nSPS) is 20.9. The van der Waals surface area contributed by atoms with Crippen LogP contribution in [0, 0.1) is 0 Å². The largest absolute Gasteiger partial charge is 0.480 e. The van der Waals surface area contributed by atoms with E-state index in [1.807, 2.05) is 0 Å². The summed E-state index contributed by atoms with van der Waals surface area (Å²) in [5.41, 5.74) is 1.62. The molecular formula is C7H9N3O2. The molecule has 0 fully saturated rings. The molecule has 2 N–H and O–H groups in total. The molecule has 0 saturated carbocycles. The molecule has 1 aliphatic rings. The minimum Gasteiger partial charge on any atom is -0.480 e. The van der Waals surface area contributed by atoms with Gasteiger partial charge >= 0.3 is 5.97 Å². The molecule has 12 heavy (non-hydrogen) atoms. The number of carbonyl (C=O) groups is 1. The van der Waals surface area contributed by atoms with E-state index < -0.39 is 12.0 Å². The lowest BCUT2D eigenvalue weighted by Crippen LogP contribution is -2.21. The zero-order valence-electron chi connectivity index (χ0n) is 6.61. The van der Waals surface area contributed by atoms with Gasteiger partial charge in [0.05, 0.1) is 5.69 Å². The standard InChI is InChI=1S/C7H9N3O2/c1-10-3-4-5(9-10)2-8-6(4)7(11)12/h3,6,8H,2H2,1H3,(H,11,12). The Morgan fingerprint density at radius 1 is 1.92 bits per heavy atom. The molecule has 0 saturated heterocycles. The Morgan fingerprint density at radius 3 is 3.33 bits per heavy atom. The van der Waals surface area contributed by atoms with E-state index in [2.05, 4.69) is 10.4 Å². The number of aromatic nitrogens is 2. The maximum absolute atomic E-state index is 10.7. The molecule has 1 aromatic heterocycles. The Morgan fingerprint density at radius 2 is 2.67 bits per heavy atom. The van der Waals surface area contributed by atoms with Gasteiger partial charge in [0.15, 0.2) is 0 Å². The van der Waals surface area contributed by atoms with Crippen molar-refractivity contribution in [3.8, 4) is 0 Å². The molecule has 1 unspecified atom stereocenters. The van der Waals surface area contributed by atoms with E-state index >= 15 is 0 Å². The van der Waals surface area contributed by atoms with Crippen molar-refractivity contribution in [2.75, 3.05) is 0 Å². The smallest absolute Gasteiger partial charge is 0.325 e. The van der Waals surface area contributed by atoms with Crippen molar-refractivity contribution < 1.29 is 9.90 Å². The predicted molar refractivity (Wildman–Crippen MR) is 40.4 cm³/mol. The molecule has 0 radical (unpaired) electrons. The van der Waals surface area contributed by atoms with E-state index in [1.165, 1.54) is 0 Å². The minimum absolute atomic E-state index is 0.549. The fourth-order valence-electron chi connectivity index (χ4n) is 1.46. The number of nitrogens with one attached hydrogen (secondary N) is 1. The Kier molecular flexibility index (Phi) is 1.41. The van der Waals surface area contributed by atoms with E-state index in [0.29, 0.717) is 6.54 Å². The second kappa shape index (κ2) is 2.31. The van der Waals surface area contributed by atoms with Crippen LogP contribution in [0.5, 0.6) is 0 Å². The topological polar surface area (TPSA) is 67.2 Å². The molecule has 0 spiro atoms. The highest BCUT2D eigenvalue weighted by Crippen LogP contribution is 2.23. The summed E-state index contributed by atoms with van der Waals surface area (Å²) in [5.74, 6) is -0.846. The Labute approximate surface area is 69.0 Å². The van der Waals surface area contributed by atoms with Gasteiger partial charge in [0.1, 0.15) is 6.04 Å². The van der Waals surface area contributed by atoms with Crippen LogP contribution in [0.2, 0.25) is 0 Å². The first-order valence-corrected chi connectivity index (χ1v) is 3.67. The van der Waals surface area contributed by atoms with Crippen LogP contribution in [0.4, 0.5) is 0 Å². The summed E-state index contributed by atoms with van der Waals surface area (Å²) in [7, 11) is 1.79. The van der Waals surface area contributed by atoms with Crippen LogP contribution in [0.3, 0.4) is 0 Å². The van der Waals surface area contributed by atoms with E-state index in [9.17, 15) is 4.79 Å². The number of aryl methyl sites for hydroxylation is 1. The molecule has 5 nitrogen and oxygen atoms in total. The Bertz CT molecular complexity index is 331. The number of aliphatic carboxylic acids is 1. The third kappa shape index (κ3) is 0.902. The van der Waals surface area contributed by atoms with Gasteiger partial charge in [0, 0.05) is 25.4 Å². The summed E-state index contributed by atoms with van der Waals surface area (Å²) in [6.45, 7) is 0.549. The zero-order valence-corrected chi connectivity index (χ0v) is 6.61. The van der Waals surface area contributed by atoms with Gasteiger partial charge in [-0.15, -0.1) is 0 Å². The van der Waals surface area contributed by atoms with Crippen LogP contribution in [-0.4, -0.2) is 20.9 Å². The van der Waals surface area contributed by atoms with Gasteiger partial charge in [-0.25, -0.2) is 0 Å². The van der Waals surface area contributed by atoms with E-state index in [0.717, 1.165) is 11.3 Å². The molecule has 0 amide bonds. The van der Waals surface area contributed by atoms with Gasteiger partial charge in [0.2, 0.25) is 0 Å². The second-order valence-electron chi connectivity index (χ2n) is 2.86. The number of carboxylic acids is 1. The van der Waals surface area contributed by atoms with Crippen LogP contribution in [0.25, 0.3) is 0 Å². The lowest BCUT2D eigenvalue weighted by atomic mass is 10.2. The van der Waals surface area contributed by atoms with Gasteiger partial charge in [-0.05, 0) is 0 Å². The highest BCUT2D eigenvalue weighted by Gasteiger charge is 2.30. The molecule has 1 aliphatic heterocycles. The molecule has 0 bridgehead atoms. The first kappa shape index (κ1) is 7.30. The van der Waals surface area contributed by atoms with Gasteiger partial charge in [-0.1, -0.05) is 0 Å². The first-order chi connectivity index (χ1) is 5.68. The third-order valence-electron chi connectivity index (χ3n) is 1.97. The minimum atomic E-state index is -0.846. The number of carboxylic acid groups (broad SMARTS) is 1. The summed E-state index contributed by atoms with van der Waals surface area (Å²) in [6.07, 6.45) is 1.74. The van der Waals surface area contributed by atoms with E-state index in [-0.39, 0.29) is 0 Å².